The first-order valence-electron chi connectivity index (χ1n) is 3.25. The number of anilines is 2. The monoisotopic (exact) mass is 215 g/mol. The highest BCUT2D eigenvalue weighted by Gasteiger charge is 2.01. The number of nitrogens with one attached hydrogen (secondary N) is 1. The minimum atomic E-state index is 0.657. The van der Waals surface area contributed by atoms with Crippen LogP contribution in [0.2, 0.25) is 0 Å². The van der Waals surface area contributed by atoms with Crippen molar-refractivity contribution in [3.05, 3.63) is 16.2 Å². The van der Waals surface area contributed by atoms with Gasteiger partial charge in [-0.05, 0) is 28.9 Å². The van der Waals surface area contributed by atoms with Gasteiger partial charge in [0, 0.05) is 11.5 Å². The third kappa shape index (κ3) is 1.63. The lowest BCUT2D eigenvalue weighted by atomic mass is 10.3. The first-order chi connectivity index (χ1) is 5.15. The normalized spacial score (nSPS) is 9.73. The summed E-state index contributed by atoms with van der Waals surface area (Å²) in [5.74, 6) is 0.728. The fraction of sp³-hybridized carbons (Fsp3) is 0.286. The fourth-order valence-corrected chi connectivity index (χ4v) is 1.13. The lowest BCUT2D eigenvalue weighted by Gasteiger charge is -2.05. The maximum atomic E-state index is 5.65. The van der Waals surface area contributed by atoms with E-state index in [0.717, 1.165) is 16.0 Å². The van der Waals surface area contributed by atoms with Gasteiger partial charge in [0.25, 0.3) is 0 Å². The average molecular weight is 216 g/mol. The summed E-state index contributed by atoms with van der Waals surface area (Å²) in [6.07, 6.45) is 0. The lowest BCUT2D eigenvalue weighted by Crippen LogP contribution is -2.00. The zero-order valence-electron chi connectivity index (χ0n) is 6.48. The minimum Gasteiger partial charge on any atom is -0.396 e. The third-order valence-corrected chi connectivity index (χ3v) is 2.22. The van der Waals surface area contributed by atoms with Gasteiger partial charge in [-0.15, -0.1) is 0 Å². The summed E-state index contributed by atoms with van der Waals surface area (Å²) < 4.78 is 0.939. The van der Waals surface area contributed by atoms with E-state index in [-0.39, 0.29) is 0 Å². The highest BCUT2D eigenvalue weighted by Crippen LogP contribution is 2.22. The molecule has 1 rings (SSSR count). The molecule has 3 N–H and O–H groups in total. The maximum Gasteiger partial charge on any atom is 0.149 e. The first kappa shape index (κ1) is 8.33. The number of halogens is 1. The summed E-state index contributed by atoms with van der Waals surface area (Å²) in [6.45, 7) is 1.92. The number of nitrogens with two attached hydrogens (primary N) is 1. The highest BCUT2D eigenvalue weighted by molar-refractivity contribution is 9.10. The number of nitrogens with zero attached hydrogens (tertiary/aromatic N) is 1. The Kier molecular flexibility index (Phi) is 2.34. The SMILES string of the molecule is CNc1nc(C)c(Br)cc1N. The van der Waals surface area contributed by atoms with Crippen LogP contribution < -0.4 is 11.1 Å². The van der Waals surface area contributed by atoms with Gasteiger partial charge >= 0.3 is 0 Å². The predicted molar refractivity (Wildman–Crippen MR) is 50.6 cm³/mol. The van der Waals surface area contributed by atoms with Crippen molar-refractivity contribution in [2.24, 2.45) is 0 Å². The molecule has 1 heterocycles. The van der Waals surface area contributed by atoms with E-state index in [1.165, 1.54) is 0 Å². The van der Waals surface area contributed by atoms with Crippen LogP contribution in [-0.2, 0) is 0 Å². The van der Waals surface area contributed by atoms with Crippen LogP contribution in [0.5, 0.6) is 0 Å². The summed E-state index contributed by atoms with van der Waals surface area (Å²) >= 11 is 3.34. The second-order valence-electron chi connectivity index (χ2n) is 2.24. The summed E-state index contributed by atoms with van der Waals surface area (Å²) in [4.78, 5) is 4.21. The molecule has 0 spiro atoms. The standard InChI is InChI=1S/C7H10BrN3/c1-4-5(8)3-6(9)7(10-2)11-4/h3H,9H2,1-2H3,(H,10,11). The molecular weight excluding hydrogens is 206 g/mol. The van der Waals surface area contributed by atoms with Crippen LogP contribution in [-0.4, -0.2) is 12.0 Å². The van der Waals surface area contributed by atoms with Crippen LogP contribution in [0, 0.1) is 6.92 Å². The number of aromatic nitrogens is 1. The van der Waals surface area contributed by atoms with Crippen LogP contribution >= 0.6 is 15.9 Å². The highest BCUT2D eigenvalue weighted by atomic mass is 79.9. The van der Waals surface area contributed by atoms with Crippen molar-refractivity contribution in [3.63, 3.8) is 0 Å². The van der Waals surface area contributed by atoms with Crippen molar-refractivity contribution < 1.29 is 0 Å². The van der Waals surface area contributed by atoms with Gasteiger partial charge in [-0.2, -0.15) is 0 Å². The number of pyridine rings is 1. The Labute approximate surface area is 74.1 Å². The molecule has 0 unspecified atom stereocenters. The lowest BCUT2D eigenvalue weighted by molar-refractivity contribution is 1.17. The van der Waals surface area contributed by atoms with Crippen LogP contribution in [0.1, 0.15) is 5.69 Å². The van der Waals surface area contributed by atoms with E-state index in [9.17, 15) is 0 Å². The molecule has 0 bridgehead atoms. The molecule has 1 aromatic heterocycles. The number of hydrogen-bond acceptors (Lipinski definition) is 3. The van der Waals surface area contributed by atoms with Crippen LogP contribution in [0.15, 0.2) is 10.5 Å². The molecule has 0 saturated heterocycles. The Morgan fingerprint density at radius 2 is 2.27 bits per heavy atom. The second kappa shape index (κ2) is 3.09. The summed E-state index contributed by atoms with van der Waals surface area (Å²) in [6, 6.07) is 1.84. The smallest absolute Gasteiger partial charge is 0.149 e. The van der Waals surface area contributed by atoms with Crippen LogP contribution in [0.3, 0.4) is 0 Å². The van der Waals surface area contributed by atoms with E-state index in [1.807, 2.05) is 13.0 Å². The van der Waals surface area contributed by atoms with E-state index in [1.54, 1.807) is 7.05 Å². The van der Waals surface area contributed by atoms with Crippen molar-refractivity contribution in [1.82, 2.24) is 4.98 Å². The third-order valence-electron chi connectivity index (χ3n) is 1.42. The van der Waals surface area contributed by atoms with E-state index < -0.39 is 0 Å². The van der Waals surface area contributed by atoms with Crippen molar-refractivity contribution in [1.29, 1.82) is 0 Å². The van der Waals surface area contributed by atoms with Gasteiger partial charge in [-0.25, -0.2) is 4.98 Å². The van der Waals surface area contributed by atoms with Gasteiger partial charge in [-0.3, -0.25) is 0 Å². The average Bonchev–Trinajstić information content (AvgIpc) is 1.97. The largest absolute Gasteiger partial charge is 0.396 e. The number of nitrogen functional groups attached to an aromatic ring is 1. The zero-order valence-corrected chi connectivity index (χ0v) is 8.07. The Balaban J connectivity index is 3.21. The second-order valence-corrected chi connectivity index (χ2v) is 3.10. The molecule has 0 aliphatic rings. The van der Waals surface area contributed by atoms with E-state index in [0.29, 0.717) is 5.69 Å². The molecule has 0 atom stereocenters. The molecule has 0 radical (unpaired) electrons. The molecule has 4 heteroatoms. The van der Waals surface area contributed by atoms with Gasteiger partial charge in [0.05, 0.1) is 11.4 Å². The molecule has 60 valence electrons. The van der Waals surface area contributed by atoms with Crippen molar-refractivity contribution in [2.45, 2.75) is 6.92 Å². The quantitative estimate of drug-likeness (QED) is 0.752. The number of aryl methyl sites for hydroxylation is 1. The molecule has 0 aromatic carbocycles. The van der Waals surface area contributed by atoms with Gasteiger partial charge in [-0.1, -0.05) is 0 Å². The molecule has 0 aliphatic heterocycles. The molecule has 0 aliphatic carbocycles. The van der Waals surface area contributed by atoms with E-state index in [4.69, 9.17) is 5.73 Å². The summed E-state index contributed by atoms with van der Waals surface area (Å²) in [7, 11) is 1.80. The van der Waals surface area contributed by atoms with Crippen molar-refractivity contribution in [3.8, 4) is 0 Å². The topological polar surface area (TPSA) is 50.9 Å². The van der Waals surface area contributed by atoms with Crippen molar-refractivity contribution >= 4 is 27.4 Å². The Hall–Kier alpha value is -0.770. The Morgan fingerprint density at radius 3 is 2.82 bits per heavy atom. The van der Waals surface area contributed by atoms with E-state index in [2.05, 4.69) is 26.2 Å². The molecular formula is C7H10BrN3. The number of rotatable bonds is 1. The summed E-state index contributed by atoms with van der Waals surface area (Å²) in [5.41, 5.74) is 7.24. The Bertz CT molecular complexity index is 273. The predicted octanol–water partition coefficient (Wildman–Crippen LogP) is 1.78. The first-order valence-corrected chi connectivity index (χ1v) is 4.05. The molecule has 1 aromatic rings. The van der Waals surface area contributed by atoms with Crippen LogP contribution in [0.25, 0.3) is 0 Å². The molecule has 11 heavy (non-hydrogen) atoms. The van der Waals surface area contributed by atoms with Crippen molar-refractivity contribution in [2.75, 3.05) is 18.1 Å². The van der Waals surface area contributed by atoms with Gasteiger partial charge < -0.3 is 11.1 Å². The molecule has 3 nitrogen and oxygen atoms in total. The minimum absolute atomic E-state index is 0.657. The maximum absolute atomic E-state index is 5.65. The van der Waals surface area contributed by atoms with Gasteiger partial charge in [0.1, 0.15) is 5.82 Å². The Morgan fingerprint density at radius 1 is 1.64 bits per heavy atom. The van der Waals surface area contributed by atoms with Gasteiger partial charge in [0.15, 0.2) is 0 Å². The van der Waals surface area contributed by atoms with Gasteiger partial charge in [0.2, 0.25) is 0 Å². The van der Waals surface area contributed by atoms with Crippen LogP contribution in [0.4, 0.5) is 11.5 Å². The molecule has 0 amide bonds. The van der Waals surface area contributed by atoms with E-state index >= 15 is 0 Å². The zero-order chi connectivity index (χ0) is 8.43. The summed E-state index contributed by atoms with van der Waals surface area (Å²) in [5, 5.41) is 2.91. The fourth-order valence-electron chi connectivity index (χ4n) is 0.795. The number of hydrogen-bond donors (Lipinski definition) is 2. The molecule has 0 saturated carbocycles. The molecule has 0 fully saturated rings.